The summed E-state index contributed by atoms with van der Waals surface area (Å²) in [5.74, 6) is 1.31. The van der Waals surface area contributed by atoms with Crippen molar-refractivity contribution in [2.75, 3.05) is 0 Å². The summed E-state index contributed by atoms with van der Waals surface area (Å²) in [6, 6.07) is 0. The maximum absolute atomic E-state index is 4.78. The van der Waals surface area contributed by atoms with Crippen LogP contribution in [0.15, 0.2) is 17.5 Å². The lowest BCUT2D eigenvalue weighted by Crippen LogP contribution is -2.12. The molecule has 0 aliphatic rings. The van der Waals surface area contributed by atoms with Crippen LogP contribution in [0.2, 0.25) is 0 Å². The fraction of sp³-hybridized carbons (Fsp3) is 0.783. The third-order valence-corrected chi connectivity index (χ3v) is 5.79. The van der Waals surface area contributed by atoms with Crippen LogP contribution in [0.1, 0.15) is 117 Å². The fourth-order valence-corrected chi connectivity index (χ4v) is 4.23. The van der Waals surface area contributed by atoms with Crippen LogP contribution in [0.5, 0.6) is 0 Å². The van der Waals surface area contributed by atoms with E-state index in [1.54, 1.807) is 11.1 Å². The van der Waals surface area contributed by atoms with E-state index in [2.05, 4.69) is 46.5 Å². The Balaban J connectivity index is 2.97. The zero-order chi connectivity index (χ0) is 18.7. The minimum absolute atomic E-state index is 0.590. The van der Waals surface area contributed by atoms with E-state index in [0.717, 1.165) is 6.42 Å². The monoisotopic (exact) mass is 346 g/mol. The second-order valence-corrected chi connectivity index (χ2v) is 7.60. The number of unbranched alkanes of at least 4 members (excludes halogenated alkanes) is 2. The summed E-state index contributed by atoms with van der Waals surface area (Å²) in [7, 11) is 0. The topological polar surface area (TPSA) is 28.7 Å². The average molecular weight is 347 g/mol. The third-order valence-electron chi connectivity index (χ3n) is 5.79. The lowest BCUT2D eigenvalue weighted by atomic mass is 9.83. The second-order valence-electron chi connectivity index (χ2n) is 7.60. The van der Waals surface area contributed by atoms with Gasteiger partial charge < -0.3 is 4.98 Å². The van der Waals surface area contributed by atoms with Gasteiger partial charge in [0.1, 0.15) is 0 Å². The van der Waals surface area contributed by atoms with Gasteiger partial charge in [0.15, 0.2) is 0 Å². The van der Waals surface area contributed by atoms with E-state index >= 15 is 0 Å². The van der Waals surface area contributed by atoms with Crippen LogP contribution < -0.4 is 0 Å². The summed E-state index contributed by atoms with van der Waals surface area (Å²) in [6.07, 6.45) is 14.3. The Labute approximate surface area is 156 Å². The Morgan fingerprint density at radius 1 is 1.00 bits per heavy atom. The number of nitrogens with zero attached hydrogens (tertiary/aromatic N) is 1. The van der Waals surface area contributed by atoms with Gasteiger partial charge in [0, 0.05) is 18.0 Å². The van der Waals surface area contributed by atoms with Crippen LogP contribution in [0.3, 0.4) is 0 Å². The van der Waals surface area contributed by atoms with E-state index in [-0.39, 0.29) is 0 Å². The van der Waals surface area contributed by atoms with Crippen molar-refractivity contribution < 1.29 is 0 Å². The van der Waals surface area contributed by atoms with Crippen molar-refractivity contribution in [1.29, 1.82) is 0 Å². The number of aromatic amines is 1. The zero-order valence-corrected chi connectivity index (χ0v) is 17.8. The largest absolute Gasteiger partial charge is 0.348 e. The number of allylic oxidation sites excluding steroid dienone is 2. The molecule has 25 heavy (non-hydrogen) atoms. The number of nitrogens with one attached hydrogen (secondary N) is 1. The minimum atomic E-state index is 0.590. The Kier molecular flexibility index (Phi) is 10.8. The molecule has 144 valence electrons. The molecule has 1 aromatic rings. The van der Waals surface area contributed by atoms with Crippen molar-refractivity contribution in [3.8, 4) is 0 Å². The summed E-state index contributed by atoms with van der Waals surface area (Å²) in [5, 5.41) is 0. The molecule has 0 aromatic carbocycles. The molecule has 0 aliphatic heterocycles. The molecule has 1 heterocycles. The standard InChI is InChI=1S/C23H42N2/c1-7-12-13-15-18(6)21(11-5)23-22(24-17-25-23)16-20(14-8-2)19(9-3)10-4/h17-18,21H,7-16H2,1-6H3,(H,24,25). The first-order chi connectivity index (χ1) is 12.1. The smallest absolute Gasteiger partial charge is 0.0925 e. The molecule has 2 unspecified atom stereocenters. The Hall–Kier alpha value is -1.05. The first-order valence-corrected chi connectivity index (χ1v) is 10.8. The molecule has 0 spiro atoms. The van der Waals surface area contributed by atoms with E-state index in [9.17, 15) is 0 Å². The molecular weight excluding hydrogens is 304 g/mol. The lowest BCUT2D eigenvalue weighted by Gasteiger charge is -2.23. The van der Waals surface area contributed by atoms with Crippen molar-refractivity contribution in [2.24, 2.45) is 5.92 Å². The van der Waals surface area contributed by atoms with Gasteiger partial charge in [0.2, 0.25) is 0 Å². The molecule has 0 radical (unpaired) electrons. The van der Waals surface area contributed by atoms with Gasteiger partial charge in [-0.1, -0.05) is 84.8 Å². The minimum Gasteiger partial charge on any atom is -0.348 e. The predicted molar refractivity (Wildman–Crippen MR) is 111 cm³/mol. The van der Waals surface area contributed by atoms with E-state index in [1.807, 2.05) is 6.33 Å². The highest BCUT2D eigenvalue weighted by Crippen LogP contribution is 2.33. The number of aromatic nitrogens is 2. The molecule has 1 rings (SSSR count). The number of H-pyrrole nitrogens is 1. The molecular formula is C23H42N2. The molecule has 0 fully saturated rings. The molecule has 1 aromatic heterocycles. The van der Waals surface area contributed by atoms with Gasteiger partial charge in [-0.05, 0) is 31.6 Å². The van der Waals surface area contributed by atoms with E-state index in [4.69, 9.17) is 4.98 Å². The maximum Gasteiger partial charge on any atom is 0.0925 e. The van der Waals surface area contributed by atoms with Gasteiger partial charge in [-0.25, -0.2) is 4.98 Å². The summed E-state index contributed by atoms with van der Waals surface area (Å²) < 4.78 is 0. The van der Waals surface area contributed by atoms with Gasteiger partial charge >= 0.3 is 0 Å². The SMILES string of the molecule is CCCCCC(C)C(CC)c1nc[nH]c1CC(CCC)=C(CC)CC. The summed E-state index contributed by atoms with van der Waals surface area (Å²) in [5.41, 5.74) is 6.00. The molecule has 0 saturated heterocycles. The summed E-state index contributed by atoms with van der Waals surface area (Å²) in [6.45, 7) is 13.9. The normalized spacial score (nSPS) is 13.7. The molecule has 0 bridgehead atoms. The van der Waals surface area contributed by atoms with Gasteiger partial charge in [-0.2, -0.15) is 0 Å². The maximum atomic E-state index is 4.78. The van der Waals surface area contributed by atoms with Gasteiger partial charge in [0.05, 0.1) is 12.0 Å². The summed E-state index contributed by atoms with van der Waals surface area (Å²) in [4.78, 5) is 8.27. The molecule has 0 aliphatic carbocycles. The Morgan fingerprint density at radius 2 is 1.72 bits per heavy atom. The van der Waals surface area contributed by atoms with E-state index in [0.29, 0.717) is 11.8 Å². The van der Waals surface area contributed by atoms with Crippen molar-refractivity contribution in [3.05, 3.63) is 28.9 Å². The van der Waals surface area contributed by atoms with Gasteiger partial charge in [-0.15, -0.1) is 0 Å². The fourth-order valence-electron chi connectivity index (χ4n) is 4.23. The van der Waals surface area contributed by atoms with Crippen molar-refractivity contribution >= 4 is 0 Å². The molecule has 0 saturated carbocycles. The van der Waals surface area contributed by atoms with E-state index in [1.165, 1.54) is 69.2 Å². The lowest BCUT2D eigenvalue weighted by molar-refractivity contribution is 0.394. The molecule has 0 amide bonds. The molecule has 2 atom stereocenters. The second kappa shape index (κ2) is 12.3. The van der Waals surface area contributed by atoms with Crippen LogP contribution >= 0.6 is 0 Å². The predicted octanol–water partition coefficient (Wildman–Crippen LogP) is 7.58. The number of imidazole rings is 1. The van der Waals surface area contributed by atoms with E-state index < -0.39 is 0 Å². The number of hydrogen-bond acceptors (Lipinski definition) is 1. The summed E-state index contributed by atoms with van der Waals surface area (Å²) >= 11 is 0. The van der Waals surface area contributed by atoms with Crippen LogP contribution in [0.25, 0.3) is 0 Å². The average Bonchev–Trinajstić information content (AvgIpc) is 3.05. The van der Waals surface area contributed by atoms with Crippen molar-refractivity contribution in [1.82, 2.24) is 9.97 Å². The highest BCUT2D eigenvalue weighted by Gasteiger charge is 2.23. The molecule has 2 nitrogen and oxygen atoms in total. The van der Waals surface area contributed by atoms with Crippen LogP contribution in [0, 0.1) is 5.92 Å². The van der Waals surface area contributed by atoms with Gasteiger partial charge in [0.25, 0.3) is 0 Å². The van der Waals surface area contributed by atoms with Crippen molar-refractivity contribution in [2.45, 2.75) is 112 Å². The first kappa shape index (κ1) is 22.0. The van der Waals surface area contributed by atoms with Crippen LogP contribution in [0.4, 0.5) is 0 Å². The zero-order valence-electron chi connectivity index (χ0n) is 17.8. The Morgan fingerprint density at radius 3 is 2.28 bits per heavy atom. The first-order valence-electron chi connectivity index (χ1n) is 10.8. The van der Waals surface area contributed by atoms with Crippen LogP contribution in [-0.2, 0) is 6.42 Å². The van der Waals surface area contributed by atoms with Gasteiger partial charge in [-0.3, -0.25) is 0 Å². The highest BCUT2D eigenvalue weighted by molar-refractivity contribution is 5.26. The number of rotatable bonds is 13. The third kappa shape index (κ3) is 6.64. The quantitative estimate of drug-likeness (QED) is 0.289. The molecule has 2 heteroatoms. The highest BCUT2D eigenvalue weighted by atomic mass is 14.9. The Bertz CT molecular complexity index is 492. The molecule has 1 N–H and O–H groups in total. The van der Waals surface area contributed by atoms with Crippen LogP contribution in [-0.4, -0.2) is 9.97 Å². The van der Waals surface area contributed by atoms with Crippen molar-refractivity contribution in [3.63, 3.8) is 0 Å². The number of hydrogen-bond donors (Lipinski definition) is 1.